The number of methoxy groups -OCH3 is 1. The normalized spacial score (nSPS) is 10.3. The summed E-state index contributed by atoms with van der Waals surface area (Å²) in [7, 11) is 1.25. The largest absolute Gasteiger partial charge is 0.476 e. The maximum atomic E-state index is 11.2. The first-order valence-corrected chi connectivity index (χ1v) is 4.28. The van der Waals surface area contributed by atoms with Crippen LogP contribution in [0, 0.1) is 0 Å². The minimum absolute atomic E-state index is 0.130. The van der Waals surface area contributed by atoms with Crippen molar-refractivity contribution in [1.29, 1.82) is 0 Å². The summed E-state index contributed by atoms with van der Waals surface area (Å²) in [5, 5.41) is 8.72. The first-order valence-electron chi connectivity index (χ1n) is 4.28. The van der Waals surface area contributed by atoms with Crippen molar-refractivity contribution in [3.8, 4) is 0 Å². The lowest BCUT2D eigenvalue weighted by Crippen LogP contribution is -2.03. The van der Waals surface area contributed by atoms with Crippen LogP contribution in [0.15, 0.2) is 18.6 Å². The SMILES string of the molecule is COC(=O)c1cnc2nc(C(=O)O)cn2c1. The summed E-state index contributed by atoms with van der Waals surface area (Å²) >= 11 is 0. The Kier molecular flexibility index (Phi) is 2.28. The van der Waals surface area contributed by atoms with Crippen molar-refractivity contribution in [2.24, 2.45) is 0 Å². The molecule has 0 amide bonds. The molecule has 0 aliphatic heterocycles. The number of carboxylic acid groups (broad SMARTS) is 1. The summed E-state index contributed by atoms with van der Waals surface area (Å²) in [6.07, 6.45) is 3.96. The van der Waals surface area contributed by atoms with Gasteiger partial charge in [-0.25, -0.2) is 19.6 Å². The second kappa shape index (κ2) is 3.61. The van der Waals surface area contributed by atoms with E-state index in [1.54, 1.807) is 0 Å². The zero-order chi connectivity index (χ0) is 11.7. The van der Waals surface area contributed by atoms with Crippen LogP contribution in [-0.2, 0) is 4.74 Å². The lowest BCUT2D eigenvalue weighted by Gasteiger charge is -1.98. The first-order chi connectivity index (χ1) is 7.61. The molecule has 1 N–H and O–H groups in total. The number of imidazole rings is 1. The molecule has 2 aromatic rings. The van der Waals surface area contributed by atoms with Crippen LogP contribution >= 0.6 is 0 Å². The fourth-order valence-corrected chi connectivity index (χ4v) is 1.21. The van der Waals surface area contributed by atoms with Gasteiger partial charge in [0.2, 0.25) is 5.78 Å². The van der Waals surface area contributed by atoms with Crippen molar-refractivity contribution in [2.75, 3.05) is 7.11 Å². The second-order valence-corrected chi connectivity index (χ2v) is 2.97. The van der Waals surface area contributed by atoms with E-state index in [2.05, 4.69) is 14.7 Å². The predicted octanol–water partition coefficient (Wildman–Crippen LogP) is 0.214. The fourth-order valence-electron chi connectivity index (χ4n) is 1.21. The number of aromatic carboxylic acids is 1. The number of nitrogens with zero attached hydrogens (tertiary/aromatic N) is 3. The van der Waals surface area contributed by atoms with Gasteiger partial charge in [0.25, 0.3) is 0 Å². The molecule has 0 aliphatic carbocycles. The Hall–Kier alpha value is -2.44. The molecule has 0 unspecified atom stereocenters. The van der Waals surface area contributed by atoms with E-state index in [0.717, 1.165) is 0 Å². The van der Waals surface area contributed by atoms with Crippen LogP contribution in [0.1, 0.15) is 20.8 Å². The van der Waals surface area contributed by atoms with Gasteiger partial charge in [-0.3, -0.25) is 4.40 Å². The molecular weight excluding hydrogens is 214 g/mol. The van der Waals surface area contributed by atoms with Gasteiger partial charge in [-0.15, -0.1) is 0 Å². The molecule has 0 aromatic carbocycles. The van der Waals surface area contributed by atoms with Gasteiger partial charge in [0.05, 0.1) is 12.7 Å². The average molecular weight is 221 g/mol. The number of rotatable bonds is 2. The Balaban J connectivity index is 2.53. The van der Waals surface area contributed by atoms with Gasteiger partial charge in [-0.05, 0) is 0 Å². The Labute approximate surface area is 89.3 Å². The van der Waals surface area contributed by atoms with Crippen molar-refractivity contribution in [3.05, 3.63) is 29.8 Å². The number of aromatic nitrogens is 3. The number of carbonyl (C=O) groups is 2. The van der Waals surface area contributed by atoms with Gasteiger partial charge in [-0.1, -0.05) is 0 Å². The lowest BCUT2D eigenvalue weighted by molar-refractivity contribution is 0.0598. The van der Waals surface area contributed by atoms with E-state index in [4.69, 9.17) is 5.11 Å². The van der Waals surface area contributed by atoms with E-state index >= 15 is 0 Å². The Bertz CT molecular complexity index is 575. The molecule has 0 saturated carbocycles. The van der Waals surface area contributed by atoms with Crippen LogP contribution in [-0.4, -0.2) is 38.5 Å². The van der Waals surface area contributed by atoms with Crippen LogP contribution in [0.4, 0.5) is 0 Å². The highest BCUT2D eigenvalue weighted by atomic mass is 16.5. The summed E-state index contributed by atoms with van der Waals surface area (Å²) in [5.74, 6) is -1.48. The number of hydrogen-bond donors (Lipinski definition) is 1. The fraction of sp³-hybridized carbons (Fsp3) is 0.111. The van der Waals surface area contributed by atoms with Gasteiger partial charge < -0.3 is 9.84 Å². The minimum Gasteiger partial charge on any atom is -0.476 e. The zero-order valence-corrected chi connectivity index (χ0v) is 8.25. The molecule has 0 spiro atoms. The Morgan fingerprint density at radius 1 is 1.44 bits per heavy atom. The van der Waals surface area contributed by atoms with Gasteiger partial charge in [0, 0.05) is 18.6 Å². The zero-order valence-electron chi connectivity index (χ0n) is 8.25. The van der Waals surface area contributed by atoms with E-state index in [1.807, 2.05) is 0 Å². The molecule has 0 saturated heterocycles. The number of ether oxygens (including phenoxy) is 1. The summed E-state index contributed by atoms with van der Waals surface area (Å²) in [6, 6.07) is 0. The molecule has 2 heterocycles. The molecule has 0 atom stereocenters. The van der Waals surface area contributed by atoms with Gasteiger partial charge in [-0.2, -0.15) is 0 Å². The van der Waals surface area contributed by atoms with E-state index in [0.29, 0.717) is 0 Å². The maximum Gasteiger partial charge on any atom is 0.356 e. The average Bonchev–Trinajstić information content (AvgIpc) is 2.70. The molecule has 82 valence electrons. The molecule has 0 bridgehead atoms. The van der Waals surface area contributed by atoms with Crippen LogP contribution < -0.4 is 0 Å². The highest BCUT2D eigenvalue weighted by Crippen LogP contribution is 2.05. The summed E-state index contributed by atoms with van der Waals surface area (Å²) < 4.78 is 5.87. The van der Waals surface area contributed by atoms with Crippen molar-refractivity contribution in [1.82, 2.24) is 14.4 Å². The van der Waals surface area contributed by atoms with Gasteiger partial charge >= 0.3 is 11.9 Å². The lowest BCUT2D eigenvalue weighted by atomic mass is 10.3. The molecular formula is C9H7N3O4. The number of fused-ring (bicyclic) bond motifs is 1. The Morgan fingerprint density at radius 3 is 2.81 bits per heavy atom. The predicted molar refractivity (Wildman–Crippen MR) is 51.3 cm³/mol. The topological polar surface area (TPSA) is 93.8 Å². The molecule has 16 heavy (non-hydrogen) atoms. The highest BCUT2D eigenvalue weighted by molar-refractivity contribution is 5.89. The molecule has 7 heteroatoms. The summed E-state index contributed by atoms with van der Waals surface area (Å²) in [5.41, 5.74) is 0.0962. The van der Waals surface area contributed by atoms with Crippen molar-refractivity contribution < 1.29 is 19.4 Å². The second-order valence-electron chi connectivity index (χ2n) is 2.97. The number of esters is 1. The first kappa shape index (κ1) is 10.1. The van der Waals surface area contributed by atoms with E-state index in [-0.39, 0.29) is 17.0 Å². The molecule has 0 aliphatic rings. The molecule has 2 rings (SSSR count). The maximum absolute atomic E-state index is 11.2. The van der Waals surface area contributed by atoms with Crippen LogP contribution in [0.3, 0.4) is 0 Å². The van der Waals surface area contributed by atoms with Crippen molar-refractivity contribution in [2.45, 2.75) is 0 Å². The van der Waals surface area contributed by atoms with Crippen LogP contribution in [0.25, 0.3) is 5.78 Å². The number of hydrogen-bond acceptors (Lipinski definition) is 5. The van der Waals surface area contributed by atoms with Gasteiger partial charge in [0.1, 0.15) is 0 Å². The van der Waals surface area contributed by atoms with E-state index < -0.39 is 11.9 Å². The number of carbonyl (C=O) groups excluding carboxylic acids is 1. The summed E-state index contributed by atoms with van der Waals surface area (Å²) in [6.45, 7) is 0. The molecule has 0 fully saturated rings. The standard InChI is InChI=1S/C9H7N3O4/c1-16-8(15)5-2-10-9-11-6(7(13)14)4-12(9)3-5/h2-4H,1H3,(H,13,14). The molecule has 2 aromatic heterocycles. The third kappa shape index (κ3) is 1.58. The van der Waals surface area contributed by atoms with Crippen molar-refractivity contribution in [3.63, 3.8) is 0 Å². The summed E-state index contributed by atoms with van der Waals surface area (Å²) in [4.78, 5) is 29.4. The highest BCUT2D eigenvalue weighted by Gasteiger charge is 2.12. The van der Waals surface area contributed by atoms with E-state index in [1.165, 1.54) is 30.1 Å². The number of carboxylic acids is 1. The third-order valence-corrected chi connectivity index (χ3v) is 1.95. The van der Waals surface area contributed by atoms with Gasteiger partial charge in [0.15, 0.2) is 5.69 Å². The monoisotopic (exact) mass is 221 g/mol. The molecule has 0 radical (unpaired) electrons. The Morgan fingerprint density at radius 2 is 2.19 bits per heavy atom. The quantitative estimate of drug-likeness (QED) is 0.728. The van der Waals surface area contributed by atoms with E-state index in [9.17, 15) is 9.59 Å². The van der Waals surface area contributed by atoms with Crippen LogP contribution in [0.2, 0.25) is 0 Å². The molecule has 7 nitrogen and oxygen atoms in total. The minimum atomic E-state index is -1.15. The van der Waals surface area contributed by atoms with Crippen molar-refractivity contribution >= 4 is 17.7 Å². The smallest absolute Gasteiger partial charge is 0.356 e. The third-order valence-electron chi connectivity index (χ3n) is 1.95. The van der Waals surface area contributed by atoms with Crippen LogP contribution in [0.5, 0.6) is 0 Å².